The second-order valence-electron chi connectivity index (χ2n) is 5.11. The van der Waals surface area contributed by atoms with E-state index < -0.39 is 21.8 Å². The highest BCUT2D eigenvalue weighted by Crippen LogP contribution is 2.34. The fraction of sp³-hybridized carbons (Fsp3) is 0.0667. The molecule has 0 amide bonds. The molecule has 6 nitrogen and oxygen atoms in total. The summed E-state index contributed by atoms with van der Waals surface area (Å²) in [5.74, 6) is 0. The van der Waals surface area contributed by atoms with Crippen LogP contribution in [-0.4, -0.2) is 23.2 Å². The standard InChI is InChI=1S/C15H10ClF3N4O2S/c16-11-3-1-2-4-14(11)26(24,25)22-12-7-10(15(17,18)19)5-6-13(12)23-9-20-8-21-23/h1-9,22H. The molecule has 0 atom stereocenters. The van der Waals surface area contributed by atoms with Crippen LogP contribution in [0.25, 0.3) is 5.69 Å². The first-order chi connectivity index (χ1) is 12.2. The van der Waals surface area contributed by atoms with Crippen molar-refractivity contribution in [3.63, 3.8) is 0 Å². The van der Waals surface area contributed by atoms with E-state index in [1.54, 1.807) is 0 Å². The van der Waals surface area contributed by atoms with Crippen LogP contribution >= 0.6 is 11.6 Å². The molecule has 0 saturated carbocycles. The van der Waals surface area contributed by atoms with Crippen molar-refractivity contribution in [1.82, 2.24) is 14.8 Å². The first-order valence-electron chi connectivity index (χ1n) is 7.02. The summed E-state index contributed by atoms with van der Waals surface area (Å²) in [5, 5.41) is 3.76. The number of sulfonamides is 1. The largest absolute Gasteiger partial charge is 0.416 e. The average molecular weight is 403 g/mol. The Hall–Kier alpha value is -2.59. The van der Waals surface area contributed by atoms with Crippen LogP contribution in [0.5, 0.6) is 0 Å². The summed E-state index contributed by atoms with van der Waals surface area (Å²) in [6, 6.07) is 8.20. The molecule has 0 aliphatic heterocycles. The molecule has 0 spiro atoms. The van der Waals surface area contributed by atoms with Gasteiger partial charge in [0.1, 0.15) is 17.6 Å². The van der Waals surface area contributed by atoms with Crippen molar-refractivity contribution >= 4 is 27.3 Å². The zero-order valence-electron chi connectivity index (χ0n) is 12.8. The van der Waals surface area contributed by atoms with Crippen molar-refractivity contribution in [2.75, 3.05) is 4.72 Å². The fourth-order valence-electron chi connectivity index (χ4n) is 2.19. The Kier molecular flexibility index (Phi) is 4.63. The molecule has 0 fully saturated rings. The summed E-state index contributed by atoms with van der Waals surface area (Å²) in [5.41, 5.74) is -1.26. The number of halogens is 4. The summed E-state index contributed by atoms with van der Waals surface area (Å²) in [4.78, 5) is 3.45. The van der Waals surface area contributed by atoms with Gasteiger partial charge in [-0.1, -0.05) is 23.7 Å². The number of anilines is 1. The summed E-state index contributed by atoms with van der Waals surface area (Å²) >= 11 is 5.89. The predicted octanol–water partition coefficient (Wildman–Crippen LogP) is 3.74. The van der Waals surface area contributed by atoms with E-state index in [1.807, 2.05) is 0 Å². The Balaban J connectivity index is 2.12. The highest BCUT2D eigenvalue weighted by Gasteiger charge is 2.32. The molecule has 1 N–H and O–H groups in total. The maximum atomic E-state index is 13.0. The zero-order chi connectivity index (χ0) is 18.9. The first kappa shape index (κ1) is 18.2. The highest BCUT2D eigenvalue weighted by atomic mass is 35.5. The van der Waals surface area contributed by atoms with Gasteiger partial charge >= 0.3 is 6.18 Å². The lowest BCUT2D eigenvalue weighted by Gasteiger charge is -2.15. The molecule has 0 radical (unpaired) electrons. The molecule has 11 heteroatoms. The number of benzene rings is 2. The van der Waals surface area contributed by atoms with E-state index in [0.717, 1.165) is 16.8 Å². The van der Waals surface area contributed by atoms with Crippen molar-refractivity contribution in [1.29, 1.82) is 0 Å². The Morgan fingerprint density at radius 3 is 2.46 bits per heavy atom. The van der Waals surface area contributed by atoms with Crippen molar-refractivity contribution in [3.05, 3.63) is 65.7 Å². The molecule has 0 bridgehead atoms. The topological polar surface area (TPSA) is 76.9 Å². The van der Waals surface area contributed by atoms with E-state index >= 15 is 0 Å². The van der Waals surface area contributed by atoms with Gasteiger partial charge in [-0.25, -0.2) is 18.1 Å². The fourth-order valence-corrected chi connectivity index (χ4v) is 3.77. The van der Waals surface area contributed by atoms with Crippen LogP contribution < -0.4 is 4.72 Å². The molecule has 3 aromatic rings. The normalized spacial score (nSPS) is 12.2. The maximum absolute atomic E-state index is 13.0. The number of nitrogens with one attached hydrogen (secondary N) is 1. The molecule has 0 aliphatic carbocycles. The average Bonchev–Trinajstić information content (AvgIpc) is 3.08. The van der Waals surface area contributed by atoms with E-state index in [2.05, 4.69) is 14.8 Å². The zero-order valence-corrected chi connectivity index (χ0v) is 14.3. The van der Waals surface area contributed by atoms with Gasteiger partial charge < -0.3 is 0 Å². The number of rotatable bonds is 4. The van der Waals surface area contributed by atoms with E-state index in [1.165, 1.54) is 36.9 Å². The van der Waals surface area contributed by atoms with Gasteiger partial charge in [0, 0.05) is 0 Å². The van der Waals surface area contributed by atoms with Gasteiger partial charge in [0.15, 0.2) is 0 Å². The number of hydrogen-bond donors (Lipinski definition) is 1. The van der Waals surface area contributed by atoms with E-state index in [9.17, 15) is 21.6 Å². The summed E-state index contributed by atoms with van der Waals surface area (Å²) in [6.45, 7) is 0. The molecule has 2 aromatic carbocycles. The summed E-state index contributed by atoms with van der Waals surface area (Å²) in [7, 11) is -4.23. The minimum atomic E-state index is -4.65. The van der Waals surface area contributed by atoms with Gasteiger partial charge in [0.2, 0.25) is 0 Å². The van der Waals surface area contributed by atoms with Crippen LogP contribution in [0.2, 0.25) is 5.02 Å². The SMILES string of the molecule is O=S(=O)(Nc1cc(C(F)(F)F)ccc1-n1cncn1)c1ccccc1Cl. The molecule has 0 aliphatic rings. The quantitative estimate of drug-likeness (QED) is 0.721. The van der Waals surface area contributed by atoms with Gasteiger partial charge in [-0.15, -0.1) is 0 Å². The van der Waals surface area contributed by atoms with E-state index in [0.29, 0.717) is 6.07 Å². The van der Waals surface area contributed by atoms with Crippen molar-refractivity contribution in [2.24, 2.45) is 0 Å². The minimum absolute atomic E-state index is 0.0609. The molecular weight excluding hydrogens is 393 g/mol. The first-order valence-corrected chi connectivity index (χ1v) is 8.88. The maximum Gasteiger partial charge on any atom is 0.416 e. The molecule has 136 valence electrons. The Labute approximate surface area is 151 Å². The second kappa shape index (κ2) is 6.61. The third-order valence-corrected chi connectivity index (χ3v) is 5.23. The van der Waals surface area contributed by atoms with E-state index in [-0.39, 0.29) is 21.3 Å². The van der Waals surface area contributed by atoms with Gasteiger partial charge in [0.05, 0.1) is 22.0 Å². The lowest BCUT2D eigenvalue weighted by Crippen LogP contribution is -2.16. The summed E-state index contributed by atoms with van der Waals surface area (Å²) < 4.78 is 67.5. The van der Waals surface area contributed by atoms with Crippen LogP contribution in [0.1, 0.15) is 5.56 Å². The lowest BCUT2D eigenvalue weighted by molar-refractivity contribution is -0.137. The third-order valence-electron chi connectivity index (χ3n) is 3.36. The molecule has 1 heterocycles. The van der Waals surface area contributed by atoms with Crippen molar-refractivity contribution in [3.8, 4) is 5.69 Å². The molecule has 1 aromatic heterocycles. The van der Waals surface area contributed by atoms with Gasteiger partial charge in [-0.2, -0.15) is 18.3 Å². The number of alkyl halides is 3. The van der Waals surface area contributed by atoms with Crippen molar-refractivity contribution in [2.45, 2.75) is 11.1 Å². The molecule has 3 rings (SSSR count). The molecule has 26 heavy (non-hydrogen) atoms. The Bertz CT molecular complexity index is 1040. The number of nitrogens with zero attached hydrogens (tertiary/aromatic N) is 3. The Morgan fingerprint density at radius 2 is 1.85 bits per heavy atom. The second-order valence-corrected chi connectivity index (χ2v) is 7.16. The Morgan fingerprint density at radius 1 is 1.12 bits per heavy atom. The van der Waals surface area contributed by atoms with E-state index in [4.69, 9.17) is 11.6 Å². The number of aromatic nitrogens is 3. The van der Waals surface area contributed by atoms with Gasteiger partial charge in [-0.05, 0) is 30.3 Å². The van der Waals surface area contributed by atoms with Gasteiger partial charge in [0.25, 0.3) is 10.0 Å². The monoisotopic (exact) mass is 402 g/mol. The smallest absolute Gasteiger partial charge is 0.277 e. The number of hydrogen-bond acceptors (Lipinski definition) is 4. The molecular formula is C15H10ClF3N4O2S. The molecule has 0 saturated heterocycles. The third kappa shape index (κ3) is 3.65. The summed E-state index contributed by atoms with van der Waals surface area (Å²) in [6.07, 6.45) is -2.24. The van der Waals surface area contributed by atoms with Crippen LogP contribution in [0.15, 0.2) is 60.0 Å². The van der Waals surface area contributed by atoms with Gasteiger partial charge in [-0.3, -0.25) is 4.72 Å². The van der Waals surface area contributed by atoms with Crippen LogP contribution in [0.4, 0.5) is 18.9 Å². The highest BCUT2D eigenvalue weighted by molar-refractivity contribution is 7.92. The van der Waals surface area contributed by atoms with Crippen LogP contribution in [-0.2, 0) is 16.2 Å². The minimum Gasteiger partial charge on any atom is -0.277 e. The lowest BCUT2D eigenvalue weighted by atomic mass is 10.1. The van der Waals surface area contributed by atoms with Crippen LogP contribution in [0, 0.1) is 0 Å². The van der Waals surface area contributed by atoms with Crippen molar-refractivity contribution < 1.29 is 21.6 Å². The van der Waals surface area contributed by atoms with Crippen LogP contribution in [0.3, 0.4) is 0 Å². The molecule has 0 unspecified atom stereocenters. The predicted molar refractivity (Wildman–Crippen MR) is 88.6 cm³/mol.